The zero-order valence-electron chi connectivity index (χ0n) is 8.31. The van der Waals surface area contributed by atoms with Gasteiger partial charge in [-0.3, -0.25) is 10.1 Å². The molecule has 0 amide bonds. The summed E-state index contributed by atoms with van der Waals surface area (Å²) in [6, 6.07) is 1.83. The van der Waals surface area contributed by atoms with Gasteiger partial charge in [-0.1, -0.05) is 0 Å². The lowest BCUT2D eigenvalue weighted by Gasteiger charge is -2.10. The van der Waals surface area contributed by atoms with Crippen LogP contribution in [0.15, 0.2) is 16.6 Å². The first kappa shape index (κ1) is 12.9. The van der Waals surface area contributed by atoms with Crippen molar-refractivity contribution in [2.45, 2.75) is 13.0 Å². The van der Waals surface area contributed by atoms with Gasteiger partial charge >= 0.3 is 5.69 Å². The molecule has 0 saturated heterocycles. The average Bonchev–Trinajstić information content (AvgIpc) is 2.14. The topological polar surface area (TPSA) is 72.6 Å². The van der Waals surface area contributed by atoms with Gasteiger partial charge in [0.2, 0.25) is 5.75 Å². The number of ether oxygens (including phenoxy) is 1. The SMILES string of the molecule is CC(O)COc1c(Br)cc(F)cc1[N+](=O)[O-]. The number of rotatable bonds is 4. The number of benzene rings is 1. The smallest absolute Gasteiger partial charge is 0.315 e. The normalized spacial score (nSPS) is 12.2. The van der Waals surface area contributed by atoms with Crippen LogP contribution in [-0.4, -0.2) is 22.7 Å². The molecule has 0 aromatic heterocycles. The molecule has 1 unspecified atom stereocenters. The third-order valence-electron chi connectivity index (χ3n) is 1.65. The van der Waals surface area contributed by atoms with Crippen molar-refractivity contribution in [2.75, 3.05) is 6.61 Å². The van der Waals surface area contributed by atoms with Crippen molar-refractivity contribution in [1.29, 1.82) is 0 Å². The number of nitrogens with zero attached hydrogens (tertiary/aromatic N) is 1. The molecular weight excluding hydrogens is 285 g/mol. The van der Waals surface area contributed by atoms with Gasteiger partial charge in [0.25, 0.3) is 0 Å². The van der Waals surface area contributed by atoms with Crippen LogP contribution in [0, 0.1) is 15.9 Å². The van der Waals surface area contributed by atoms with Crippen LogP contribution in [0.5, 0.6) is 5.75 Å². The van der Waals surface area contributed by atoms with Gasteiger partial charge in [0, 0.05) is 0 Å². The van der Waals surface area contributed by atoms with Crippen molar-refractivity contribution in [2.24, 2.45) is 0 Å². The molecule has 0 aliphatic carbocycles. The molecule has 1 aromatic rings. The molecule has 0 bridgehead atoms. The van der Waals surface area contributed by atoms with Crippen molar-refractivity contribution in [3.8, 4) is 5.75 Å². The fourth-order valence-electron chi connectivity index (χ4n) is 1.03. The van der Waals surface area contributed by atoms with Crippen LogP contribution in [0.1, 0.15) is 6.92 Å². The van der Waals surface area contributed by atoms with E-state index in [4.69, 9.17) is 9.84 Å². The maximum atomic E-state index is 12.9. The monoisotopic (exact) mass is 293 g/mol. The Labute approximate surface area is 99.1 Å². The zero-order chi connectivity index (χ0) is 12.3. The van der Waals surface area contributed by atoms with Crippen molar-refractivity contribution in [1.82, 2.24) is 0 Å². The van der Waals surface area contributed by atoms with Gasteiger partial charge < -0.3 is 9.84 Å². The van der Waals surface area contributed by atoms with E-state index in [1.165, 1.54) is 6.92 Å². The maximum Gasteiger partial charge on any atom is 0.315 e. The summed E-state index contributed by atoms with van der Waals surface area (Å²) in [4.78, 5) is 9.90. The van der Waals surface area contributed by atoms with Gasteiger partial charge in [0.1, 0.15) is 12.4 Å². The molecular formula is C9H9BrFNO4. The van der Waals surface area contributed by atoms with Crippen molar-refractivity contribution in [3.05, 3.63) is 32.5 Å². The Hall–Kier alpha value is -1.21. The van der Waals surface area contributed by atoms with Crippen LogP contribution in [-0.2, 0) is 0 Å². The largest absolute Gasteiger partial charge is 0.483 e. The van der Waals surface area contributed by atoms with Crippen LogP contribution in [0.25, 0.3) is 0 Å². The minimum atomic E-state index is -0.767. The third-order valence-corrected chi connectivity index (χ3v) is 2.24. The summed E-state index contributed by atoms with van der Waals surface area (Å²) >= 11 is 2.97. The molecule has 0 spiro atoms. The van der Waals surface area contributed by atoms with E-state index >= 15 is 0 Å². The van der Waals surface area contributed by atoms with Crippen LogP contribution in [0.2, 0.25) is 0 Å². The van der Waals surface area contributed by atoms with Gasteiger partial charge in [0.05, 0.1) is 21.6 Å². The van der Waals surface area contributed by atoms with E-state index in [1.807, 2.05) is 0 Å². The molecule has 0 radical (unpaired) electrons. The van der Waals surface area contributed by atoms with E-state index in [1.54, 1.807) is 0 Å². The van der Waals surface area contributed by atoms with Gasteiger partial charge in [-0.2, -0.15) is 0 Å². The molecule has 1 atom stereocenters. The van der Waals surface area contributed by atoms with Crippen molar-refractivity contribution < 1.29 is 19.2 Å². The number of hydrogen-bond acceptors (Lipinski definition) is 4. The Morgan fingerprint density at radius 2 is 2.31 bits per heavy atom. The predicted octanol–water partition coefficient (Wildman–Crippen LogP) is 2.26. The summed E-state index contributed by atoms with van der Waals surface area (Å²) in [5.41, 5.74) is -0.479. The van der Waals surface area contributed by atoms with E-state index in [2.05, 4.69) is 15.9 Å². The number of aliphatic hydroxyl groups excluding tert-OH is 1. The Bertz CT molecular complexity index is 411. The fourth-order valence-corrected chi connectivity index (χ4v) is 1.57. The van der Waals surface area contributed by atoms with Gasteiger partial charge in [0.15, 0.2) is 0 Å². The number of aliphatic hydroxyl groups is 1. The maximum absolute atomic E-state index is 12.9. The first-order chi connectivity index (χ1) is 7.41. The first-order valence-corrected chi connectivity index (χ1v) is 5.15. The molecule has 7 heteroatoms. The quantitative estimate of drug-likeness (QED) is 0.683. The summed E-state index contributed by atoms with van der Waals surface area (Å²) in [5, 5.41) is 19.7. The molecule has 0 aliphatic rings. The van der Waals surface area contributed by atoms with Crippen molar-refractivity contribution in [3.63, 3.8) is 0 Å². The lowest BCUT2D eigenvalue weighted by molar-refractivity contribution is -0.386. The summed E-state index contributed by atoms with van der Waals surface area (Å²) in [5.74, 6) is -0.824. The second kappa shape index (κ2) is 5.22. The van der Waals surface area contributed by atoms with Gasteiger partial charge in [-0.05, 0) is 28.9 Å². The van der Waals surface area contributed by atoms with E-state index < -0.39 is 22.5 Å². The Morgan fingerprint density at radius 3 is 2.81 bits per heavy atom. The highest BCUT2D eigenvalue weighted by molar-refractivity contribution is 9.10. The third kappa shape index (κ3) is 3.14. The number of nitro benzene ring substituents is 1. The second-order valence-corrected chi connectivity index (χ2v) is 4.01. The molecule has 16 heavy (non-hydrogen) atoms. The van der Waals surface area contributed by atoms with Crippen LogP contribution in [0.3, 0.4) is 0 Å². The summed E-state index contributed by atoms with van der Waals surface area (Å²) in [7, 11) is 0. The highest BCUT2D eigenvalue weighted by Crippen LogP contribution is 2.35. The van der Waals surface area contributed by atoms with Crippen LogP contribution in [0.4, 0.5) is 10.1 Å². The first-order valence-electron chi connectivity index (χ1n) is 4.36. The van der Waals surface area contributed by atoms with E-state index in [0.29, 0.717) is 0 Å². The minimum Gasteiger partial charge on any atom is -0.483 e. The summed E-state index contributed by atoms with van der Waals surface area (Å²) in [6.07, 6.45) is -0.767. The highest BCUT2D eigenvalue weighted by Gasteiger charge is 2.20. The standard InChI is InChI=1S/C9H9BrFNO4/c1-5(13)4-16-9-7(10)2-6(11)3-8(9)12(14)15/h2-3,5,13H,4H2,1H3. The lowest BCUT2D eigenvalue weighted by Crippen LogP contribution is -2.13. The molecule has 1 rings (SSSR count). The predicted molar refractivity (Wildman–Crippen MR) is 57.9 cm³/mol. The molecule has 0 saturated carbocycles. The zero-order valence-corrected chi connectivity index (χ0v) is 9.90. The number of halogens is 2. The Balaban J connectivity index is 3.09. The molecule has 1 N–H and O–H groups in total. The molecule has 5 nitrogen and oxygen atoms in total. The lowest BCUT2D eigenvalue weighted by atomic mass is 10.3. The molecule has 88 valence electrons. The Kier molecular flexibility index (Phi) is 4.19. The molecule has 1 aromatic carbocycles. The Morgan fingerprint density at radius 1 is 1.69 bits per heavy atom. The van der Waals surface area contributed by atoms with E-state index in [0.717, 1.165) is 12.1 Å². The highest BCUT2D eigenvalue weighted by atomic mass is 79.9. The van der Waals surface area contributed by atoms with E-state index in [9.17, 15) is 14.5 Å². The summed E-state index contributed by atoms with van der Waals surface area (Å²) < 4.78 is 18.1. The minimum absolute atomic E-state index is 0.0905. The second-order valence-electron chi connectivity index (χ2n) is 3.15. The molecule has 0 heterocycles. The van der Waals surface area contributed by atoms with Crippen LogP contribution >= 0.6 is 15.9 Å². The van der Waals surface area contributed by atoms with E-state index in [-0.39, 0.29) is 16.8 Å². The van der Waals surface area contributed by atoms with Gasteiger partial charge in [-0.15, -0.1) is 0 Å². The number of hydrogen-bond donors (Lipinski definition) is 1. The number of nitro groups is 1. The summed E-state index contributed by atoms with van der Waals surface area (Å²) in [6.45, 7) is 1.37. The van der Waals surface area contributed by atoms with Gasteiger partial charge in [-0.25, -0.2) is 4.39 Å². The fraction of sp³-hybridized carbons (Fsp3) is 0.333. The molecule has 0 aliphatic heterocycles. The van der Waals surface area contributed by atoms with Crippen molar-refractivity contribution >= 4 is 21.6 Å². The average molecular weight is 294 g/mol. The van der Waals surface area contributed by atoms with Crippen LogP contribution < -0.4 is 4.74 Å². The molecule has 0 fully saturated rings.